The fraction of sp³-hybridized carbons (Fsp3) is 0.400. The van der Waals surface area contributed by atoms with Crippen LogP contribution in [0.3, 0.4) is 0 Å². The molecule has 3 N–H and O–H groups in total. The molecule has 0 amide bonds. The van der Waals surface area contributed by atoms with Crippen LogP contribution in [0, 0.1) is 35.5 Å². The van der Waals surface area contributed by atoms with Crippen molar-refractivity contribution in [1.29, 1.82) is 10.5 Å². The van der Waals surface area contributed by atoms with E-state index in [0.29, 0.717) is 28.5 Å². The van der Waals surface area contributed by atoms with E-state index in [2.05, 4.69) is 32.7 Å². The Balaban J connectivity index is 1.57. The first-order chi connectivity index (χ1) is 14.1. The first-order valence-corrected chi connectivity index (χ1v) is 9.72. The highest BCUT2D eigenvalue weighted by Gasteiger charge is 2.31. The SMILES string of the molecule is Cc1cnc(Nc2cc(C#N)c3c(c2)COB3O)nc1NC1CCCC[C@H]1C#N. The summed E-state index contributed by atoms with van der Waals surface area (Å²) >= 11 is 0. The molecule has 1 aromatic carbocycles. The van der Waals surface area contributed by atoms with E-state index in [9.17, 15) is 15.5 Å². The van der Waals surface area contributed by atoms with E-state index in [4.69, 9.17) is 4.65 Å². The van der Waals surface area contributed by atoms with Gasteiger partial charge in [-0.05, 0) is 37.5 Å². The highest BCUT2D eigenvalue weighted by atomic mass is 16.5. The average Bonchev–Trinajstić information content (AvgIpc) is 3.11. The molecule has 0 bridgehead atoms. The van der Waals surface area contributed by atoms with Gasteiger partial charge in [0.2, 0.25) is 5.95 Å². The van der Waals surface area contributed by atoms with Crippen molar-refractivity contribution < 1.29 is 9.68 Å². The maximum Gasteiger partial charge on any atom is 0.493 e. The van der Waals surface area contributed by atoms with Crippen LogP contribution in [0.1, 0.15) is 42.4 Å². The van der Waals surface area contributed by atoms with E-state index in [1.807, 2.05) is 13.0 Å². The average molecular weight is 388 g/mol. The first-order valence-electron chi connectivity index (χ1n) is 9.72. The molecule has 1 saturated carbocycles. The van der Waals surface area contributed by atoms with Crippen LogP contribution in [0.2, 0.25) is 0 Å². The molecule has 2 aromatic rings. The lowest BCUT2D eigenvalue weighted by Crippen LogP contribution is -2.32. The molecule has 1 fully saturated rings. The Morgan fingerprint density at radius 1 is 1.28 bits per heavy atom. The van der Waals surface area contributed by atoms with Gasteiger partial charge in [0.25, 0.3) is 0 Å². The lowest BCUT2D eigenvalue weighted by atomic mass is 9.76. The van der Waals surface area contributed by atoms with Crippen molar-refractivity contribution in [2.75, 3.05) is 10.6 Å². The fourth-order valence-corrected chi connectivity index (χ4v) is 3.95. The summed E-state index contributed by atoms with van der Waals surface area (Å²) in [6, 6.07) is 8.07. The summed E-state index contributed by atoms with van der Waals surface area (Å²) in [4.78, 5) is 8.93. The molecule has 1 unspecified atom stereocenters. The summed E-state index contributed by atoms with van der Waals surface area (Å²) < 4.78 is 5.22. The summed E-state index contributed by atoms with van der Waals surface area (Å²) in [6.07, 6.45) is 5.77. The monoisotopic (exact) mass is 388 g/mol. The number of benzene rings is 1. The van der Waals surface area contributed by atoms with Crippen molar-refractivity contribution in [3.63, 3.8) is 0 Å². The molecule has 0 saturated heterocycles. The van der Waals surface area contributed by atoms with E-state index in [1.165, 1.54) is 0 Å². The van der Waals surface area contributed by atoms with Crippen LogP contribution in [-0.2, 0) is 11.3 Å². The standard InChI is InChI=1S/C20H21BN6O2/c1-12-10-24-20(27-19(12)26-17-5-3-2-4-13(17)8-22)25-16-6-14(9-23)18-15(7-16)11-29-21(18)28/h6-7,10,13,17,28H,2-5,11H2,1H3,(H2,24,25,26,27)/t13-,17?/m0/s1. The molecule has 0 spiro atoms. The Kier molecular flexibility index (Phi) is 5.35. The molecule has 2 atom stereocenters. The smallest absolute Gasteiger partial charge is 0.423 e. The van der Waals surface area contributed by atoms with Gasteiger partial charge < -0.3 is 20.3 Å². The van der Waals surface area contributed by atoms with Gasteiger partial charge in [0.05, 0.1) is 30.2 Å². The quantitative estimate of drug-likeness (QED) is 0.680. The van der Waals surface area contributed by atoms with Crippen molar-refractivity contribution in [2.24, 2.45) is 5.92 Å². The molecule has 2 heterocycles. The Morgan fingerprint density at radius 3 is 2.90 bits per heavy atom. The van der Waals surface area contributed by atoms with Gasteiger partial charge in [-0.15, -0.1) is 0 Å². The first kappa shape index (κ1) is 19.2. The van der Waals surface area contributed by atoms with Gasteiger partial charge in [-0.25, -0.2) is 4.98 Å². The Bertz CT molecular complexity index is 1020. The van der Waals surface area contributed by atoms with E-state index in [-0.39, 0.29) is 18.6 Å². The van der Waals surface area contributed by atoms with E-state index in [0.717, 1.165) is 36.8 Å². The number of nitrogens with one attached hydrogen (secondary N) is 2. The topological polar surface area (TPSA) is 127 Å². The maximum absolute atomic E-state index is 9.89. The number of hydrogen-bond donors (Lipinski definition) is 3. The van der Waals surface area contributed by atoms with Gasteiger partial charge in [0.15, 0.2) is 0 Å². The van der Waals surface area contributed by atoms with Crippen molar-refractivity contribution >= 4 is 30.0 Å². The van der Waals surface area contributed by atoms with Gasteiger partial charge in [-0.3, -0.25) is 0 Å². The summed E-state index contributed by atoms with van der Waals surface area (Å²) in [5.74, 6) is 1.08. The second-order valence-electron chi connectivity index (χ2n) is 7.49. The highest BCUT2D eigenvalue weighted by Crippen LogP contribution is 2.28. The van der Waals surface area contributed by atoms with Crippen LogP contribution in [0.25, 0.3) is 0 Å². The molecule has 1 aromatic heterocycles. The van der Waals surface area contributed by atoms with Gasteiger partial charge in [0.1, 0.15) is 5.82 Å². The number of aryl methyl sites for hydroxylation is 1. The molecule has 9 heteroatoms. The summed E-state index contributed by atoms with van der Waals surface area (Å²) in [5.41, 5.74) is 3.20. The van der Waals surface area contributed by atoms with E-state index >= 15 is 0 Å². The molecular formula is C20H21BN6O2. The number of aromatic nitrogens is 2. The third kappa shape index (κ3) is 3.88. The Labute approximate surface area is 169 Å². The van der Waals surface area contributed by atoms with Gasteiger partial charge in [0, 0.05) is 29.0 Å². The van der Waals surface area contributed by atoms with Crippen molar-refractivity contribution in [1.82, 2.24) is 9.97 Å². The minimum atomic E-state index is -1.07. The zero-order valence-electron chi connectivity index (χ0n) is 16.1. The number of fused-ring (bicyclic) bond motifs is 1. The minimum absolute atomic E-state index is 0.0177. The highest BCUT2D eigenvalue weighted by molar-refractivity contribution is 6.62. The second-order valence-corrected chi connectivity index (χ2v) is 7.49. The molecule has 2 aliphatic rings. The molecule has 1 aliphatic heterocycles. The fourth-order valence-electron chi connectivity index (χ4n) is 3.95. The van der Waals surface area contributed by atoms with Gasteiger partial charge in [-0.1, -0.05) is 12.8 Å². The number of nitrogens with zero attached hydrogens (tertiary/aromatic N) is 4. The zero-order valence-corrected chi connectivity index (χ0v) is 16.1. The van der Waals surface area contributed by atoms with Gasteiger partial charge >= 0.3 is 7.12 Å². The van der Waals surface area contributed by atoms with Gasteiger partial charge in [-0.2, -0.15) is 15.5 Å². The number of rotatable bonds is 4. The normalized spacial score (nSPS) is 20.5. The minimum Gasteiger partial charge on any atom is -0.423 e. The molecule has 146 valence electrons. The lowest BCUT2D eigenvalue weighted by Gasteiger charge is -2.28. The summed E-state index contributed by atoms with van der Waals surface area (Å²) in [5, 5.41) is 35.3. The predicted octanol–water partition coefficient (Wildman–Crippen LogP) is 2.11. The van der Waals surface area contributed by atoms with E-state index in [1.54, 1.807) is 12.3 Å². The maximum atomic E-state index is 9.89. The molecule has 0 radical (unpaired) electrons. The second kappa shape index (κ2) is 8.08. The van der Waals surface area contributed by atoms with Crippen molar-refractivity contribution in [3.8, 4) is 12.1 Å². The third-order valence-corrected chi connectivity index (χ3v) is 5.51. The van der Waals surface area contributed by atoms with Crippen LogP contribution in [-0.4, -0.2) is 28.2 Å². The molecule has 8 nitrogen and oxygen atoms in total. The van der Waals surface area contributed by atoms with Crippen LogP contribution >= 0.6 is 0 Å². The summed E-state index contributed by atoms with van der Waals surface area (Å²) in [7, 11) is -1.07. The Hall–Kier alpha value is -3.14. The van der Waals surface area contributed by atoms with Crippen molar-refractivity contribution in [2.45, 2.75) is 45.3 Å². The molecular weight excluding hydrogens is 367 g/mol. The number of hydrogen-bond acceptors (Lipinski definition) is 8. The number of nitriles is 2. The van der Waals surface area contributed by atoms with Crippen molar-refractivity contribution in [3.05, 3.63) is 35.0 Å². The van der Waals surface area contributed by atoms with Crippen LogP contribution in [0.5, 0.6) is 0 Å². The molecule has 4 rings (SSSR count). The third-order valence-electron chi connectivity index (χ3n) is 5.51. The predicted molar refractivity (Wildman–Crippen MR) is 109 cm³/mol. The lowest BCUT2D eigenvalue weighted by molar-refractivity contribution is 0.275. The van der Waals surface area contributed by atoms with Crippen LogP contribution in [0.4, 0.5) is 17.5 Å². The largest absolute Gasteiger partial charge is 0.493 e. The van der Waals surface area contributed by atoms with Crippen LogP contribution < -0.4 is 16.1 Å². The number of anilines is 3. The summed E-state index contributed by atoms with van der Waals surface area (Å²) in [6.45, 7) is 2.18. The Morgan fingerprint density at radius 2 is 2.10 bits per heavy atom. The zero-order chi connectivity index (χ0) is 20.4. The molecule has 1 aliphatic carbocycles. The van der Waals surface area contributed by atoms with Crippen LogP contribution in [0.15, 0.2) is 18.3 Å². The molecule has 29 heavy (non-hydrogen) atoms. The van der Waals surface area contributed by atoms with E-state index < -0.39 is 7.12 Å².